The fourth-order valence-corrected chi connectivity index (χ4v) is 5.04. The molecule has 4 N–H and O–H groups in total. The summed E-state index contributed by atoms with van der Waals surface area (Å²) in [4.78, 5) is 98.1. The summed E-state index contributed by atoms with van der Waals surface area (Å²) in [5.74, 6) is -9.39. The van der Waals surface area contributed by atoms with Crippen LogP contribution in [0.2, 0.25) is 0 Å². The molecule has 2 rings (SSSR count). The van der Waals surface area contributed by atoms with Crippen molar-refractivity contribution in [2.24, 2.45) is 0 Å². The summed E-state index contributed by atoms with van der Waals surface area (Å²) in [5.41, 5.74) is -6.11. The van der Waals surface area contributed by atoms with Gasteiger partial charge in [0.25, 0.3) is 0 Å². The van der Waals surface area contributed by atoms with Crippen LogP contribution in [0.25, 0.3) is 0 Å². The molecule has 22 heteroatoms. The Bertz CT molecular complexity index is 1230. The molecule has 0 aromatic rings. The zero-order valence-electron chi connectivity index (χ0n) is 28.3. The number of ether oxygens (including phenoxy) is 10. The van der Waals surface area contributed by atoms with Crippen molar-refractivity contribution in [2.75, 3.05) is 27.4 Å². The van der Waals surface area contributed by atoms with Gasteiger partial charge >= 0.3 is 47.6 Å². The van der Waals surface area contributed by atoms with Crippen LogP contribution in [0.1, 0.15) is 41.5 Å². The van der Waals surface area contributed by atoms with Crippen molar-refractivity contribution in [3.63, 3.8) is 0 Å². The third-order valence-corrected chi connectivity index (χ3v) is 6.87. The largest absolute Gasteiger partial charge is 0.463 e. The summed E-state index contributed by atoms with van der Waals surface area (Å²) in [7, 11) is 1.94. The Kier molecular flexibility index (Phi) is 14.5. The first kappa shape index (κ1) is 41.7. The van der Waals surface area contributed by atoms with Gasteiger partial charge in [0.15, 0.2) is 24.4 Å². The molecule has 0 saturated carbocycles. The molecule has 282 valence electrons. The van der Waals surface area contributed by atoms with Crippen LogP contribution in [-0.2, 0) is 85.7 Å². The highest BCUT2D eigenvalue weighted by Crippen LogP contribution is 2.35. The normalized spacial score (nSPS) is 32.0. The van der Waals surface area contributed by atoms with E-state index < -0.39 is 121 Å². The molecule has 22 nitrogen and oxygen atoms in total. The van der Waals surface area contributed by atoms with E-state index in [-0.39, 0.29) is 0 Å². The van der Waals surface area contributed by atoms with Gasteiger partial charge in [-0.3, -0.25) is 38.4 Å². The zero-order valence-corrected chi connectivity index (χ0v) is 28.3. The summed E-state index contributed by atoms with van der Waals surface area (Å²) in [6.45, 7) is 4.53. The third kappa shape index (κ3) is 10.3. The number of hydrogen-bond donors (Lipinski definition) is 4. The number of carbonyl (C=O) groups excluding carboxylic acids is 8. The topological polar surface area (TPSA) is 293 Å². The van der Waals surface area contributed by atoms with Gasteiger partial charge in [-0.1, -0.05) is 0 Å². The molecule has 0 bridgehead atoms. The standard InChI is InChI=1S/C28H40N2O20/c1-11(31)43-9-17-19(45-13(3)33)21(47-15(5)35)27(39,25(41-7)49-17)29-23(37)24(38)30-28(40)22(48-16(6)36)20(46-14(4)34)18(10-44-12(2)32)50-26(28)42-8/h17-22,25-26,39-40H,9-10H2,1-8H3,(H,29,37)(H,30,38)/t17-,18-,19-,20-,21+,22+,25?,26?,27+,28+/m1/s1. The Morgan fingerprint density at radius 2 is 0.840 bits per heavy atom. The highest BCUT2D eigenvalue weighted by atomic mass is 16.7. The molecule has 50 heavy (non-hydrogen) atoms. The van der Waals surface area contributed by atoms with Gasteiger partial charge in [0.1, 0.15) is 25.4 Å². The maximum Gasteiger partial charge on any atom is 0.311 e. The number of rotatable bonds is 12. The second-order valence-corrected chi connectivity index (χ2v) is 10.9. The molecule has 10 atom stereocenters. The van der Waals surface area contributed by atoms with Crippen molar-refractivity contribution in [3.05, 3.63) is 0 Å². The highest BCUT2D eigenvalue weighted by molar-refractivity contribution is 6.35. The van der Waals surface area contributed by atoms with Gasteiger partial charge in [0.05, 0.1) is 0 Å². The molecule has 0 radical (unpaired) electrons. The first-order valence-corrected chi connectivity index (χ1v) is 14.6. The fourth-order valence-electron chi connectivity index (χ4n) is 5.04. The lowest BCUT2D eigenvalue weighted by Gasteiger charge is -2.50. The summed E-state index contributed by atoms with van der Waals surface area (Å²) in [6, 6.07) is 0. The van der Waals surface area contributed by atoms with Gasteiger partial charge in [0.2, 0.25) is 24.0 Å². The predicted octanol–water partition coefficient (Wildman–Crippen LogP) is -3.81. The number of hydrogen-bond acceptors (Lipinski definition) is 20. The van der Waals surface area contributed by atoms with Crippen LogP contribution >= 0.6 is 0 Å². The van der Waals surface area contributed by atoms with Gasteiger partial charge < -0.3 is 68.2 Å². The van der Waals surface area contributed by atoms with E-state index in [9.17, 15) is 48.6 Å². The van der Waals surface area contributed by atoms with E-state index >= 15 is 0 Å². The lowest BCUT2D eigenvalue weighted by atomic mass is 9.91. The molecule has 2 aliphatic heterocycles. The van der Waals surface area contributed by atoms with Gasteiger partial charge in [-0.05, 0) is 0 Å². The first-order valence-electron chi connectivity index (χ1n) is 14.6. The number of esters is 6. The Labute approximate surface area is 284 Å². The average Bonchev–Trinajstić information content (AvgIpc) is 2.99. The smallest absolute Gasteiger partial charge is 0.311 e. The monoisotopic (exact) mass is 724 g/mol. The molecule has 2 fully saturated rings. The molecule has 0 aliphatic carbocycles. The van der Waals surface area contributed by atoms with Crippen molar-refractivity contribution in [1.82, 2.24) is 10.6 Å². The zero-order chi connectivity index (χ0) is 38.1. The van der Waals surface area contributed by atoms with E-state index in [1.807, 2.05) is 10.6 Å². The molecule has 2 amide bonds. The van der Waals surface area contributed by atoms with Crippen molar-refractivity contribution in [2.45, 2.75) is 102 Å². The van der Waals surface area contributed by atoms with Crippen molar-refractivity contribution >= 4 is 47.6 Å². The van der Waals surface area contributed by atoms with E-state index in [1.165, 1.54) is 0 Å². The van der Waals surface area contributed by atoms with Crippen LogP contribution in [0.3, 0.4) is 0 Å². The maximum absolute atomic E-state index is 13.4. The molecule has 2 aliphatic rings. The van der Waals surface area contributed by atoms with E-state index in [0.717, 1.165) is 55.8 Å². The minimum absolute atomic E-state index is 0.625. The van der Waals surface area contributed by atoms with Gasteiger partial charge in [-0.2, -0.15) is 0 Å². The molecule has 2 saturated heterocycles. The average molecular weight is 725 g/mol. The van der Waals surface area contributed by atoms with Gasteiger partial charge in [-0.25, -0.2) is 0 Å². The summed E-state index contributed by atoms with van der Waals surface area (Å²) < 4.78 is 52.0. The second-order valence-electron chi connectivity index (χ2n) is 10.9. The Morgan fingerprint density at radius 3 is 1.08 bits per heavy atom. The van der Waals surface area contributed by atoms with Crippen molar-refractivity contribution < 1.29 is 95.9 Å². The number of carbonyl (C=O) groups is 8. The van der Waals surface area contributed by atoms with E-state index in [2.05, 4.69) is 0 Å². The fraction of sp³-hybridized carbons (Fsp3) is 0.714. The number of aliphatic hydroxyl groups is 2. The molecular formula is C28H40N2O20. The molecule has 2 heterocycles. The van der Waals surface area contributed by atoms with Crippen LogP contribution in [0.5, 0.6) is 0 Å². The number of methoxy groups -OCH3 is 2. The number of nitrogens with one attached hydrogen (secondary N) is 2. The Balaban J connectivity index is 2.55. The van der Waals surface area contributed by atoms with Crippen molar-refractivity contribution in [3.8, 4) is 0 Å². The van der Waals surface area contributed by atoms with E-state index in [1.54, 1.807) is 0 Å². The van der Waals surface area contributed by atoms with Gasteiger partial charge in [0, 0.05) is 55.8 Å². The summed E-state index contributed by atoms with van der Waals surface area (Å²) in [5, 5.41) is 27.2. The Morgan fingerprint density at radius 1 is 0.540 bits per heavy atom. The predicted molar refractivity (Wildman–Crippen MR) is 153 cm³/mol. The van der Waals surface area contributed by atoms with Crippen LogP contribution < -0.4 is 10.6 Å². The van der Waals surface area contributed by atoms with E-state index in [4.69, 9.17) is 47.4 Å². The van der Waals surface area contributed by atoms with Crippen molar-refractivity contribution in [1.29, 1.82) is 0 Å². The lowest BCUT2D eigenvalue weighted by molar-refractivity contribution is -0.345. The van der Waals surface area contributed by atoms with Crippen LogP contribution in [-0.4, -0.2) is 146 Å². The van der Waals surface area contributed by atoms with Crippen LogP contribution in [0.15, 0.2) is 0 Å². The second kappa shape index (κ2) is 17.4. The van der Waals surface area contributed by atoms with Crippen LogP contribution in [0, 0.1) is 0 Å². The molecule has 0 aromatic carbocycles. The molecule has 2 unspecified atom stereocenters. The first-order chi connectivity index (χ1) is 23.2. The number of amides is 2. The van der Waals surface area contributed by atoms with E-state index in [0.29, 0.717) is 0 Å². The summed E-state index contributed by atoms with van der Waals surface area (Å²) >= 11 is 0. The third-order valence-electron chi connectivity index (χ3n) is 6.87. The quantitative estimate of drug-likeness (QED) is 0.0649. The molecule has 0 spiro atoms. The minimum atomic E-state index is -3.06. The molecule has 0 aromatic heterocycles. The Hall–Kier alpha value is -4.48. The minimum Gasteiger partial charge on any atom is -0.463 e. The SMILES string of the molecule is COC1O[C@H](COC(C)=O)[C@@H](OC(C)=O)[C@H](OC(C)=O)[C@@]1(O)NC(=O)C(=O)N[C@@]1(O)C(OC)O[C@H](COC(C)=O)[C@@H](OC(C)=O)[C@@H]1OC(C)=O. The van der Waals surface area contributed by atoms with Gasteiger partial charge in [-0.15, -0.1) is 0 Å². The maximum atomic E-state index is 13.4. The van der Waals surface area contributed by atoms with Crippen LogP contribution in [0.4, 0.5) is 0 Å². The lowest BCUT2D eigenvalue weighted by Crippen LogP contribution is -2.78. The summed E-state index contributed by atoms with van der Waals surface area (Å²) in [6.07, 6.45) is -14.8. The highest BCUT2D eigenvalue weighted by Gasteiger charge is 2.63. The molecular weight excluding hydrogens is 684 g/mol.